The van der Waals surface area contributed by atoms with Crippen LogP contribution in [0.15, 0.2) is 62.4 Å². The Labute approximate surface area is 267 Å². The van der Waals surface area contributed by atoms with E-state index < -0.39 is 0 Å². The van der Waals surface area contributed by atoms with Crippen molar-refractivity contribution in [3.8, 4) is 0 Å². The van der Waals surface area contributed by atoms with Gasteiger partial charge in [0.25, 0.3) is 0 Å². The highest BCUT2D eigenvalue weighted by Crippen LogP contribution is 2.39. The molecule has 1 aromatic heterocycles. The van der Waals surface area contributed by atoms with Gasteiger partial charge in [-0.15, -0.1) is 13.2 Å². The van der Waals surface area contributed by atoms with Crippen molar-refractivity contribution in [1.29, 1.82) is 0 Å². The molecule has 2 aromatic rings. The van der Waals surface area contributed by atoms with Crippen LogP contribution >= 0.6 is 0 Å². The molecule has 4 N–H and O–H groups in total. The Morgan fingerprint density at radius 1 is 1.11 bits per heavy atom. The first-order valence-corrected chi connectivity index (χ1v) is 15.2. The third-order valence-electron chi connectivity index (χ3n) is 7.02. The lowest BCUT2D eigenvalue weighted by molar-refractivity contribution is -0.0987. The van der Waals surface area contributed by atoms with Crippen LogP contribution < -0.4 is 21.3 Å². The van der Waals surface area contributed by atoms with Crippen LogP contribution in [-0.4, -0.2) is 56.8 Å². The number of fused-ring (bicyclic) bond motifs is 1. The van der Waals surface area contributed by atoms with Crippen molar-refractivity contribution < 1.29 is 14.3 Å². The summed E-state index contributed by atoms with van der Waals surface area (Å²) in [5, 5.41) is 6.63. The second kappa shape index (κ2) is 25.7. The Kier molecular flexibility index (Phi) is 24.7. The zero-order chi connectivity index (χ0) is 34.1. The van der Waals surface area contributed by atoms with Gasteiger partial charge in [0.2, 0.25) is 0 Å². The number of allylic oxidation sites excluding steroid dienone is 2. The average Bonchev–Trinajstić information content (AvgIpc) is 3.66. The van der Waals surface area contributed by atoms with Crippen molar-refractivity contribution in [3.63, 3.8) is 0 Å². The van der Waals surface area contributed by atoms with Gasteiger partial charge in [-0.1, -0.05) is 63.8 Å². The van der Waals surface area contributed by atoms with Crippen molar-refractivity contribution in [3.05, 3.63) is 79.2 Å². The lowest BCUT2D eigenvalue weighted by Crippen LogP contribution is -2.33. The summed E-state index contributed by atoms with van der Waals surface area (Å²) in [6.07, 6.45) is 8.69. The molecule has 246 valence electrons. The molecule has 1 aliphatic heterocycles. The molecule has 2 aliphatic rings. The van der Waals surface area contributed by atoms with Gasteiger partial charge in [0.1, 0.15) is 42.8 Å². The molecule has 4 unspecified atom stereocenters. The fourth-order valence-electron chi connectivity index (χ4n) is 5.02. The van der Waals surface area contributed by atoms with Gasteiger partial charge in [0.05, 0.1) is 6.20 Å². The predicted molar refractivity (Wildman–Crippen MR) is 187 cm³/mol. The lowest BCUT2D eigenvalue weighted by atomic mass is 9.98. The maximum absolute atomic E-state index is 8.00. The molecule has 9 nitrogen and oxygen atoms in total. The SMILES string of the molecule is C=C(OC(C)c1nc(N2CC3CCC(NC)C3C2)cnc1N)c1ccc(CNC)cc1.C=CC.C=CCC.C=O.C=O.CC. The number of nitrogens with one attached hydrogen (secondary N) is 2. The molecular formula is C35H58N6O3. The highest BCUT2D eigenvalue weighted by atomic mass is 16.5. The quantitative estimate of drug-likeness (QED) is 0.219. The zero-order valence-corrected chi connectivity index (χ0v) is 28.3. The molecule has 0 radical (unpaired) electrons. The van der Waals surface area contributed by atoms with E-state index in [1.165, 1.54) is 18.4 Å². The van der Waals surface area contributed by atoms with E-state index in [0.717, 1.165) is 43.4 Å². The molecule has 0 bridgehead atoms. The molecule has 9 heteroatoms. The van der Waals surface area contributed by atoms with Gasteiger partial charge in [-0.05, 0) is 64.6 Å². The summed E-state index contributed by atoms with van der Waals surface area (Å²) in [5.41, 5.74) is 8.99. The minimum absolute atomic E-state index is 0.343. The van der Waals surface area contributed by atoms with E-state index >= 15 is 0 Å². The molecule has 0 amide bonds. The van der Waals surface area contributed by atoms with Crippen LogP contribution in [0.25, 0.3) is 5.76 Å². The lowest BCUT2D eigenvalue weighted by Gasteiger charge is -2.23. The molecule has 1 aliphatic carbocycles. The fourth-order valence-corrected chi connectivity index (χ4v) is 5.02. The number of anilines is 2. The van der Waals surface area contributed by atoms with Gasteiger partial charge in [0.15, 0.2) is 0 Å². The highest BCUT2D eigenvalue weighted by Gasteiger charge is 2.42. The predicted octanol–water partition coefficient (Wildman–Crippen LogP) is 6.39. The van der Waals surface area contributed by atoms with Gasteiger partial charge >= 0.3 is 0 Å². The van der Waals surface area contributed by atoms with Gasteiger partial charge in [-0.3, -0.25) is 0 Å². The van der Waals surface area contributed by atoms with E-state index in [1.807, 2.05) is 66.5 Å². The Balaban J connectivity index is 0. The standard InChI is InChI=1S/C24H34N6O.C4H8.C3H6.C2H6.2CH2O/c1-15(18-7-5-17(6-8-18)11-26-3)31-16(2)23-24(25)28-12-22(29-23)30-13-19-9-10-21(27-4)20(19)14-30;1-3-4-2;1-3-2;3*1-2/h5-8,12,16,19-21,26-27H,1,9-11,13-14H2,2-4H3,(H2,25,28);3H,1,4H2,2H3;3H,1H2,2H3;1-2H3;2*1H2. The maximum Gasteiger partial charge on any atom is 0.149 e. The summed E-state index contributed by atoms with van der Waals surface area (Å²) < 4.78 is 6.11. The van der Waals surface area contributed by atoms with Crippen LogP contribution in [0.4, 0.5) is 11.6 Å². The van der Waals surface area contributed by atoms with E-state index in [2.05, 4.69) is 66.4 Å². The minimum atomic E-state index is -0.343. The van der Waals surface area contributed by atoms with Crippen molar-refractivity contribution in [2.45, 2.75) is 72.6 Å². The fraction of sp³-hybridized carbons (Fsp3) is 0.486. The van der Waals surface area contributed by atoms with Gasteiger partial charge in [-0.2, -0.15) is 0 Å². The summed E-state index contributed by atoms with van der Waals surface area (Å²) in [6, 6.07) is 8.79. The number of hydrogen-bond donors (Lipinski definition) is 3. The highest BCUT2D eigenvalue weighted by molar-refractivity contribution is 5.58. The van der Waals surface area contributed by atoms with Crippen LogP contribution in [-0.2, 0) is 20.9 Å². The van der Waals surface area contributed by atoms with Crippen LogP contribution in [0.3, 0.4) is 0 Å². The van der Waals surface area contributed by atoms with Gasteiger partial charge in [0, 0.05) is 31.2 Å². The van der Waals surface area contributed by atoms with Crippen LogP contribution in [0.1, 0.15) is 76.8 Å². The number of ether oxygens (including phenoxy) is 1. The van der Waals surface area contributed by atoms with Crippen molar-refractivity contribution in [2.75, 3.05) is 37.8 Å². The van der Waals surface area contributed by atoms with Crippen LogP contribution in [0.5, 0.6) is 0 Å². The van der Waals surface area contributed by atoms with Crippen molar-refractivity contribution in [2.24, 2.45) is 11.8 Å². The molecular weight excluding hydrogens is 552 g/mol. The number of nitrogens with two attached hydrogens (primary N) is 1. The first kappa shape index (κ1) is 42.3. The molecule has 0 spiro atoms. The second-order valence-electron chi connectivity index (χ2n) is 9.82. The third kappa shape index (κ3) is 13.7. The van der Waals surface area contributed by atoms with E-state index in [1.54, 1.807) is 12.3 Å². The monoisotopic (exact) mass is 610 g/mol. The number of hydrogen-bond acceptors (Lipinski definition) is 9. The summed E-state index contributed by atoms with van der Waals surface area (Å²) in [5.74, 6) is 3.28. The van der Waals surface area contributed by atoms with Crippen molar-refractivity contribution >= 4 is 31.0 Å². The number of carbonyl (C=O) groups excluding carboxylic acids is 2. The third-order valence-corrected chi connectivity index (χ3v) is 7.02. The summed E-state index contributed by atoms with van der Waals surface area (Å²) in [6.45, 7) is 27.7. The molecule has 1 saturated carbocycles. The smallest absolute Gasteiger partial charge is 0.149 e. The Hall–Kier alpha value is -3.82. The summed E-state index contributed by atoms with van der Waals surface area (Å²) in [4.78, 5) is 27.6. The largest absolute Gasteiger partial charge is 0.484 e. The van der Waals surface area contributed by atoms with Crippen LogP contribution in [0, 0.1) is 11.8 Å². The minimum Gasteiger partial charge on any atom is -0.484 e. The molecule has 4 atom stereocenters. The summed E-state index contributed by atoms with van der Waals surface area (Å²) >= 11 is 0. The van der Waals surface area contributed by atoms with E-state index in [0.29, 0.717) is 29.2 Å². The molecule has 4 rings (SSSR count). The number of rotatable bonds is 9. The number of aromatic nitrogens is 2. The normalized spacial score (nSPS) is 17.8. The molecule has 44 heavy (non-hydrogen) atoms. The van der Waals surface area contributed by atoms with E-state index in [4.69, 9.17) is 25.0 Å². The molecule has 2 heterocycles. The van der Waals surface area contributed by atoms with Crippen molar-refractivity contribution in [1.82, 2.24) is 20.6 Å². The van der Waals surface area contributed by atoms with E-state index in [-0.39, 0.29) is 6.10 Å². The number of benzene rings is 1. The first-order chi connectivity index (χ1) is 21.3. The molecule has 1 aromatic carbocycles. The van der Waals surface area contributed by atoms with E-state index in [9.17, 15) is 0 Å². The number of carbonyl (C=O) groups is 2. The number of nitrogen functional groups attached to an aromatic ring is 1. The van der Waals surface area contributed by atoms with Crippen LogP contribution in [0.2, 0.25) is 0 Å². The first-order valence-electron chi connectivity index (χ1n) is 15.2. The Bertz CT molecular complexity index is 1060. The molecule has 2 fully saturated rings. The van der Waals surface area contributed by atoms with Gasteiger partial charge in [-0.25, -0.2) is 9.97 Å². The Morgan fingerprint density at radius 2 is 1.68 bits per heavy atom. The summed E-state index contributed by atoms with van der Waals surface area (Å²) in [7, 11) is 4.00. The van der Waals surface area contributed by atoms with Gasteiger partial charge < -0.3 is 35.6 Å². The topological polar surface area (TPSA) is 122 Å². The number of nitrogens with zero attached hydrogens (tertiary/aromatic N) is 3. The zero-order valence-electron chi connectivity index (χ0n) is 28.3. The Morgan fingerprint density at radius 3 is 2.18 bits per heavy atom. The maximum atomic E-state index is 8.00. The average molecular weight is 611 g/mol. The second-order valence-corrected chi connectivity index (χ2v) is 9.82. The molecule has 1 saturated heterocycles.